The fourth-order valence-electron chi connectivity index (χ4n) is 3.40. The van der Waals surface area contributed by atoms with Crippen molar-refractivity contribution in [3.63, 3.8) is 0 Å². The number of nitroso groups, excluding NO2 is 1. The van der Waals surface area contributed by atoms with Crippen LogP contribution < -0.4 is 5.32 Å². The van der Waals surface area contributed by atoms with Gasteiger partial charge in [-0.1, -0.05) is 60.7 Å². The zero-order valence-corrected chi connectivity index (χ0v) is 15.1. The minimum absolute atomic E-state index is 0.0470. The monoisotopic (exact) mass is 377 g/mol. The molecule has 0 atom stereocenters. The maximum absolute atomic E-state index is 12.4. The Bertz CT molecular complexity index is 1180. The Balaban J connectivity index is 1.94. The number of nitrogens with one attached hydrogen (secondary N) is 1. The van der Waals surface area contributed by atoms with Crippen molar-refractivity contribution in [3.05, 3.63) is 71.6 Å². The molecule has 4 aromatic rings. The quantitative estimate of drug-likeness (QED) is 0.208. The number of benzene rings is 4. The maximum atomic E-state index is 12.4. The molecule has 134 valence electrons. The Morgan fingerprint density at radius 1 is 0.889 bits per heavy atom. The van der Waals surface area contributed by atoms with Crippen LogP contribution in [0.25, 0.3) is 32.3 Å². The molecule has 0 aromatic heterocycles. The number of amides is 2. The average Bonchev–Trinajstić information content (AvgIpc) is 2.72. The second kappa shape index (κ2) is 7.21. The van der Waals surface area contributed by atoms with Crippen LogP contribution in [0.3, 0.4) is 0 Å². The molecule has 0 saturated carbocycles. The Morgan fingerprint density at radius 3 is 2.30 bits per heavy atom. The molecular weight excluding hydrogens is 362 g/mol. The van der Waals surface area contributed by atoms with Gasteiger partial charge < -0.3 is 5.32 Å². The minimum Gasteiger partial charge on any atom is -0.306 e. The first-order valence-corrected chi connectivity index (χ1v) is 9.07. The zero-order chi connectivity index (χ0) is 18.8. The van der Waals surface area contributed by atoms with Gasteiger partial charge >= 0.3 is 6.03 Å². The first kappa shape index (κ1) is 17.2. The summed E-state index contributed by atoms with van der Waals surface area (Å²) in [5.41, 5.74) is 0.627. The third-order valence-electron chi connectivity index (χ3n) is 4.64. The molecule has 0 bridgehead atoms. The number of nitrogens with zero attached hydrogens (tertiary/aromatic N) is 2. The molecule has 0 saturated heterocycles. The lowest BCUT2D eigenvalue weighted by Gasteiger charge is -2.16. The summed E-state index contributed by atoms with van der Waals surface area (Å²) >= 11 is 5.64. The fourth-order valence-corrected chi connectivity index (χ4v) is 3.56. The smallest absolute Gasteiger partial charge is 0.306 e. The number of rotatable bonds is 4. The lowest BCUT2D eigenvalue weighted by atomic mass is 9.96. The van der Waals surface area contributed by atoms with Crippen molar-refractivity contribution in [2.24, 2.45) is 5.29 Å². The van der Waals surface area contributed by atoms with Crippen LogP contribution in [-0.4, -0.2) is 23.5 Å². The highest BCUT2D eigenvalue weighted by Gasteiger charge is 2.16. The van der Waals surface area contributed by atoms with Gasteiger partial charge in [-0.25, -0.2) is 4.79 Å². The van der Waals surface area contributed by atoms with Gasteiger partial charge in [0, 0.05) is 11.3 Å². The van der Waals surface area contributed by atoms with Crippen LogP contribution in [-0.2, 0) is 0 Å². The van der Waals surface area contributed by atoms with Crippen molar-refractivity contribution in [3.8, 4) is 0 Å². The van der Waals surface area contributed by atoms with Crippen LogP contribution in [0.4, 0.5) is 10.5 Å². The van der Waals surface area contributed by atoms with Gasteiger partial charge in [-0.15, -0.1) is 16.5 Å². The lowest BCUT2D eigenvalue weighted by molar-refractivity contribution is 0.216. The first-order chi connectivity index (χ1) is 13.2. The second-order valence-corrected chi connectivity index (χ2v) is 6.55. The van der Waals surface area contributed by atoms with Crippen LogP contribution in [0.5, 0.6) is 0 Å². The largest absolute Gasteiger partial charge is 0.344 e. The molecule has 0 fully saturated rings. The van der Waals surface area contributed by atoms with Crippen molar-refractivity contribution < 1.29 is 4.79 Å². The number of fused-ring (bicyclic) bond motifs is 5. The van der Waals surface area contributed by atoms with Crippen LogP contribution in [0.15, 0.2) is 72.0 Å². The molecule has 0 heterocycles. The molecule has 0 aliphatic heterocycles. The van der Waals surface area contributed by atoms with Gasteiger partial charge in [-0.2, -0.15) is 5.01 Å². The predicted octanol–water partition coefficient (Wildman–Crippen LogP) is 5.90. The molecule has 6 heteroatoms. The SMILES string of the molecule is O=NN(CCCl)C(=O)Nc1cc2c3ccccc3ccc2c2ccccc12. The van der Waals surface area contributed by atoms with E-state index >= 15 is 0 Å². The van der Waals surface area contributed by atoms with Gasteiger partial charge in [-0.3, -0.25) is 0 Å². The molecule has 5 nitrogen and oxygen atoms in total. The Kier molecular flexibility index (Phi) is 4.60. The van der Waals surface area contributed by atoms with Gasteiger partial charge in [0.1, 0.15) is 0 Å². The standard InChI is InChI=1S/C21H16ClN3O2/c22-11-12-25(24-27)21(26)23-20-13-19-15-6-2-1-5-14(15)9-10-17(19)16-7-3-4-8-18(16)20/h1-10,13H,11-12H2,(H,23,26). The molecule has 27 heavy (non-hydrogen) atoms. The van der Waals surface area contributed by atoms with E-state index in [0.29, 0.717) is 5.69 Å². The maximum Gasteiger partial charge on any atom is 0.344 e. The Labute approximate surface area is 160 Å². The van der Waals surface area contributed by atoms with Crippen LogP contribution in [0.1, 0.15) is 0 Å². The van der Waals surface area contributed by atoms with Gasteiger partial charge in [0.25, 0.3) is 0 Å². The molecule has 0 aliphatic carbocycles. The van der Waals surface area contributed by atoms with Crippen LogP contribution in [0, 0.1) is 4.91 Å². The highest BCUT2D eigenvalue weighted by Crippen LogP contribution is 2.35. The summed E-state index contributed by atoms with van der Waals surface area (Å²) in [7, 11) is 0. The van der Waals surface area contributed by atoms with Crippen molar-refractivity contribution in [2.45, 2.75) is 0 Å². The first-order valence-electron chi connectivity index (χ1n) is 8.54. The summed E-state index contributed by atoms with van der Waals surface area (Å²) in [6, 6.07) is 21.5. The average molecular weight is 378 g/mol. The Morgan fingerprint density at radius 2 is 1.56 bits per heavy atom. The molecule has 4 rings (SSSR count). The highest BCUT2D eigenvalue weighted by atomic mass is 35.5. The fraction of sp³-hybridized carbons (Fsp3) is 0.0952. The van der Waals surface area contributed by atoms with Crippen molar-refractivity contribution in [1.82, 2.24) is 5.01 Å². The number of urea groups is 1. The lowest BCUT2D eigenvalue weighted by Crippen LogP contribution is -2.31. The summed E-state index contributed by atoms with van der Waals surface area (Å²) in [5, 5.41) is 12.6. The molecule has 4 aromatic carbocycles. The van der Waals surface area contributed by atoms with Crippen molar-refractivity contribution in [2.75, 3.05) is 17.7 Å². The van der Waals surface area contributed by atoms with Gasteiger partial charge in [0.15, 0.2) is 0 Å². The molecule has 0 aliphatic rings. The van der Waals surface area contributed by atoms with E-state index in [9.17, 15) is 9.70 Å². The number of hydrogen-bond acceptors (Lipinski definition) is 3. The summed E-state index contributed by atoms with van der Waals surface area (Å²) in [6.45, 7) is 0.0470. The zero-order valence-electron chi connectivity index (χ0n) is 14.4. The van der Waals surface area contributed by atoms with Crippen molar-refractivity contribution >= 4 is 55.6 Å². The number of halogens is 1. The van der Waals surface area contributed by atoms with E-state index in [-0.39, 0.29) is 12.4 Å². The Hall–Kier alpha value is -3.18. The third kappa shape index (κ3) is 3.06. The normalized spacial score (nSPS) is 11.0. The van der Waals surface area contributed by atoms with E-state index in [1.54, 1.807) is 0 Å². The summed E-state index contributed by atoms with van der Waals surface area (Å²) in [4.78, 5) is 23.4. The molecule has 0 radical (unpaired) electrons. The molecule has 2 amide bonds. The van der Waals surface area contributed by atoms with E-state index in [1.165, 1.54) is 0 Å². The van der Waals surface area contributed by atoms with Gasteiger partial charge in [-0.05, 0) is 33.0 Å². The van der Waals surface area contributed by atoms with Crippen molar-refractivity contribution in [1.29, 1.82) is 0 Å². The van der Waals surface area contributed by atoms with E-state index < -0.39 is 6.03 Å². The van der Waals surface area contributed by atoms with Crippen LogP contribution in [0.2, 0.25) is 0 Å². The number of carbonyl (C=O) groups excluding carboxylic acids is 1. The summed E-state index contributed by atoms with van der Waals surface area (Å²) in [5.74, 6) is 0.127. The van der Waals surface area contributed by atoms with E-state index in [4.69, 9.17) is 11.6 Å². The molecule has 1 N–H and O–H groups in total. The number of anilines is 1. The number of hydrogen-bond donors (Lipinski definition) is 1. The molecule has 0 spiro atoms. The van der Waals surface area contributed by atoms with Crippen LogP contribution >= 0.6 is 11.6 Å². The summed E-state index contributed by atoms with van der Waals surface area (Å²) < 4.78 is 0. The number of alkyl halides is 1. The van der Waals surface area contributed by atoms with Gasteiger partial charge in [0.05, 0.1) is 17.5 Å². The molecular formula is C21H16ClN3O2. The molecule has 0 unspecified atom stereocenters. The van der Waals surface area contributed by atoms with E-state index in [0.717, 1.165) is 37.3 Å². The second-order valence-electron chi connectivity index (χ2n) is 6.18. The number of carbonyl (C=O) groups is 1. The van der Waals surface area contributed by atoms with Gasteiger partial charge in [0.2, 0.25) is 0 Å². The highest BCUT2D eigenvalue weighted by molar-refractivity contribution is 6.21. The van der Waals surface area contributed by atoms with E-state index in [2.05, 4.69) is 34.9 Å². The topological polar surface area (TPSA) is 61.8 Å². The predicted molar refractivity (Wildman–Crippen MR) is 111 cm³/mol. The minimum atomic E-state index is -0.601. The third-order valence-corrected chi connectivity index (χ3v) is 4.81. The van der Waals surface area contributed by atoms with E-state index in [1.807, 2.05) is 42.5 Å². The summed E-state index contributed by atoms with van der Waals surface area (Å²) in [6.07, 6.45) is 0.